The van der Waals surface area contributed by atoms with Gasteiger partial charge < -0.3 is 24.3 Å². The Morgan fingerprint density at radius 1 is 1.24 bits per heavy atom. The van der Waals surface area contributed by atoms with E-state index in [9.17, 15) is 14.7 Å². The second-order valence-electron chi connectivity index (χ2n) is 7.90. The lowest BCUT2D eigenvalue weighted by atomic mass is 10.2. The van der Waals surface area contributed by atoms with Crippen molar-refractivity contribution >= 4 is 17.1 Å². The molecule has 4 aromatic rings. The lowest BCUT2D eigenvalue weighted by Crippen LogP contribution is -2.31. The molecule has 11 nitrogen and oxygen atoms in total. The van der Waals surface area contributed by atoms with Gasteiger partial charge in [-0.15, -0.1) is 0 Å². The third-order valence-corrected chi connectivity index (χ3v) is 5.30. The van der Waals surface area contributed by atoms with Gasteiger partial charge in [0.15, 0.2) is 11.2 Å². The Kier molecular flexibility index (Phi) is 6.59. The van der Waals surface area contributed by atoms with E-state index in [4.69, 9.17) is 4.74 Å². The Morgan fingerprint density at radius 2 is 2.03 bits per heavy atom. The molecule has 3 aromatic heterocycles. The number of H-pyrrole nitrogens is 1. The maximum atomic E-state index is 12.6. The monoisotopic (exact) mass is 453 g/mol. The minimum atomic E-state index is -0.910. The van der Waals surface area contributed by atoms with Crippen molar-refractivity contribution in [2.75, 3.05) is 18.5 Å². The van der Waals surface area contributed by atoms with Crippen molar-refractivity contribution in [3.8, 4) is 5.75 Å². The number of hydrogen-bond acceptors (Lipinski definition) is 7. The van der Waals surface area contributed by atoms with E-state index in [0.717, 1.165) is 18.5 Å². The quantitative estimate of drug-likeness (QED) is 0.304. The number of ether oxygens (including phenoxy) is 1. The first kappa shape index (κ1) is 22.3. The van der Waals surface area contributed by atoms with Crippen LogP contribution in [0.15, 0.2) is 52.6 Å². The van der Waals surface area contributed by atoms with Crippen LogP contribution in [0.1, 0.15) is 12.0 Å². The maximum absolute atomic E-state index is 12.6. The second-order valence-corrected chi connectivity index (χ2v) is 7.90. The van der Waals surface area contributed by atoms with Crippen LogP contribution < -0.4 is 21.3 Å². The molecule has 0 bridgehead atoms. The fourth-order valence-electron chi connectivity index (χ4n) is 3.52. The van der Waals surface area contributed by atoms with Gasteiger partial charge in [-0.25, -0.2) is 9.78 Å². The topological polar surface area (TPSA) is 132 Å². The van der Waals surface area contributed by atoms with Crippen LogP contribution in [0.3, 0.4) is 0 Å². The molecule has 0 radical (unpaired) electrons. The van der Waals surface area contributed by atoms with Crippen molar-refractivity contribution < 1.29 is 9.84 Å². The van der Waals surface area contributed by atoms with E-state index in [1.807, 2.05) is 42.0 Å². The van der Waals surface area contributed by atoms with Gasteiger partial charge in [0.2, 0.25) is 5.95 Å². The first-order chi connectivity index (χ1) is 15.9. The molecule has 0 amide bonds. The van der Waals surface area contributed by atoms with Gasteiger partial charge in [-0.1, -0.05) is 17.7 Å². The number of aliphatic hydroxyl groups excluding tert-OH is 1. The van der Waals surface area contributed by atoms with Crippen molar-refractivity contribution in [1.82, 2.24) is 28.7 Å². The largest absolute Gasteiger partial charge is 0.491 e. The van der Waals surface area contributed by atoms with E-state index in [2.05, 4.69) is 20.3 Å². The fourth-order valence-corrected chi connectivity index (χ4v) is 3.52. The number of aromatic amines is 1. The van der Waals surface area contributed by atoms with E-state index in [1.165, 1.54) is 11.6 Å². The number of nitrogens with one attached hydrogen (secondary N) is 2. The van der Waals surface area contributed by atoms with Crippen LogP contribution in [0.4, 0.5) is 5.95 Å². The summed E-state index contributed by atoms with van der Waals surface area (Å²) in [5.41, 5.74) is 0.461. The zero-order chi connectivity index (χ0) is 23.4. The number of fused-ring (bicyclic) bond motifs is 1. The van der Waals surface area contributed by atoms with Crippen LogP contribution in [0, 0.1) is 6.92 Å². The predicted octanol–water partition coefficient (Wildman–Crippen LogP) is 0.870. The van der Waals surface area contributed by atoms with E-state index in [0.29, 0.717) is 18.2 Å². The average Bonchev–Trinajstić information content (AvgIpc) is 3.43. The van der Waals surface area contributed by atoms with Crippen LogP contribution in [0.25, 0.3) is 11.2 Å². The van der Waals surface area contributed by atoms with Gasteiger partial charge in [0, 0.05) is 32.5 Å². The van der Waals surface area contributed by atoms with Gasteiger partial charge in [-0.3, -0.25) is 14.3 Å². The van der Waals surface area contributed by atoms with Crippen LogP contribution in [0.2, 0.25) is 0 Å². The Bertz CT molecular complexity index is 1320. The number of nitrogens with zero attached hydrogens (tertiary/aromatic N) is 5. The highest BCUT2D eigenvalue weighted by molar-refractivity contribution is 5.74. The summed E-state index contributed by atoms with van der Waals surface area (Å²) in [5, 5.41) is 13.9. The van der Waals surface area contributed by atoms with Crippen LogP contribution in [0.5, 0.6) is 5.75 Å². The lowest BCUT2D eigenvalue weighted by Gasteiger charge is -2.16. The van der Waals surface area contributed by atoms with E-state index < -0.39 is 17.4 Å². The summed E-state index contributed by atoms with van der Waals surface area (Å²) in [5.74, 6) is 1.05. The summed E-state index contributed by atoms with van der Waals surface area (Å²) < 4.78 is 10.5. The Morgan fingerprint density at radius 3 is 2.76 bits per heavy atom. The highest BCUT2D eigenvalue weighted by Gasteiger charge is 2.19. The molecule has 0 aliphatic rings. The molecule has 1 atom stereocenters. The zero-order valence-electron chi connectivity index (χ0n) is 18.6. The summed E-state index contributed by atoms with van der Waals surface area (Å²) >= 11 is 0. The first-order valence-corrected chi connectivity index (χ1v) is 10.7. The molecular weight excluding hydrogens is 426 g/mol. The molecule has 1 unspecified atom stereocenters. The smallest absolute Gasteiger partial charge is 0.329 e. The summed E-state index contributed by atoms with van der Waals surface area (Å²) in [6.45, 7) is 3.42. The molecule has 33 heavy (non-hydrogen) atoms. The Labute approximate surface area is 189 Å². The first-order valence-electron chi connectivity index (χ1n) is 10.7. The molecular formula is C22H27N7O4. The maximum Gasteiger partial charge on any atom is 0.329 e. The van der Waals surface area contributed by atoms with E-state index in [1.54, 1.807) is 17.1 Å². The lowest BCUT2D eigenvalue weighted by molar-refractivity contribution is 0.0938. The van der Waals surface area contributed by atoms with Gasteiger partial charge in [0.1, 0.15) is 18.5 Å². The third kappa shape index (κ3) is 5.14. The molecule has 0 saturated heterocycles. The minimum Gasteiger partial charge on any atom is -0.491 e. The Hall–Kier alpha value is -3.86. The molecule has 0 spiro atoms. The van der Waals surface area contributed by atoms with Crippen molar-refractivity contribution in [3.63, 3.8) is 0 Å². The Balaban J connectivity index is 1.52. The molecule has 3 heterocycles. The standard InChI is InChI=1S/C22H27N7O4/c1-15-4-6-17(7-5-15)33-13-16(30)12-29-18-19(27(2)22(32)26-20(18)31)25-21(29)24-8-3-10-28-11-9-23-14-28/h4-7,9,11,14,16,30H,3,8,10,12-13H2,1-2H3,(H,24,25)(H,26,31,32). The van der Waals surface area contributed by atoms with Crippen LogP contribution >= 0.6 is 0 Å². The summed E-state index contributed by atoms with van der Waals surface area (Å²) in [6.07, 6.45) is 5.23. The number of rotatable bonds is 10. The normalized spacial score (nSPS) is 12.2. The predicted molar refractivity (Wildman–Crippen MR) is 124 cm³/mol. The molecule has 3 N–H and O–H groups in total. The van der Waals surface area contributed by atoms with Gasteiger partial charge in [0.25, 0.3) is 5.56 Å². The van der Waals surface area contributed by atoms with Crippen LogP contribution in [-0.4, -0.2) is 53.0 Å². The number of anilines is 1. The summed E-state index contributed by atoms with van der Waals surface area (Å²) in [6, 6.07) is 7.53. The number of hydrogen-bond donors (Lipinski definition) is 3. The highest BCUT2D eigenvalue weighted by Crippen LogP contribution is 2.17. The number of imidazole rings is 2. The third-order valence-electron chi connectivity index (χ3n) is 5.30. The molecule has 4 rings (SSSR count). The molecule has 11 heteroatoms. The average molecular weight is 454 g/mol. The number of benzene rings is 1. The van der Waals surface area contributed by atoms with Crippen LogP contribution in [-0.2, 0) is 20.1 Å². The van der Waals surface area contributed by atoms with E-state index in [-0.39, 0.29) is 24.3 Å². The van der Waals surface area contributed by atoms with Crippen molar-refractivity contribution in [1.29, 1.82) is 0 Å². The van der Waals surface area contributed by atoms with Gasteiger partial charge in [-0.05, 0) is 25.5 Å². The molecule has 174 valence electrons. The fraction of sp³-hybridized carbons (Fsp3) is 0.364. The van der Waals surface area contributed by atoms with Crippen molar-refractivity contribution in [2.45, 2.75) is 32.5 Å². The zero-order valence-corrected chi connectivity index (χ0v) is 18.6. The van der Waals surface area contributed by atoms with E-state index >= 15 is 0 Å². The summed E-state index contributed by atoms with van der Waals surface area (Å²) in [7, 11) is 1.54. The van der Waals surface area contributed by atoms with Gasteiger partial charge in [0.05, 0.1) is 12.9 Å². The molecule has 0 aliphatic heterocycles. The molecule has 0 aliphatic carbocycles. The molecule has 1 aromatic carbocycles. The summed E-state index contributed by atoms with van der Waals surface area (Å²) in [4.78, 5) is 35.4. The molecule has 0 fully saturated rings. The SMILES string of the molecule is Cc1ccc(OCC(O)Cn2c(NCCCn3ccnc3)nc3c2c(=O)[nH]c(=O)n3C)cc1. The number of aryl methyl sites for hydroxylation is 3. The van der Waals surface area contributed by atoms with Gasteiger partial charge in [-0.2, -0.15) is 4.98 Å². The molecule has 0 saturated carbocycles. The second kappa shape index (κ2) is 9.74. The number of aromatic nitrogens is 6. The van der Waals surface area contributed by atoms with Gasteiger partial charge >= 0.3 is 5.69 Å². The minimum absolute atomic E-state index is 0.0342. The van der Waals surface area contributed by atoms with Crippen molar-refractivity contribution in [3.05, 3.63) is 69.4 Å². The number of aliphatic hydroxyl groups is 1. The van der Waals surface area contributed by atoms with Crippen molar-refractivity contribution in [2.24, 2.45) is 7.05 Å². The highest BCUT2D eigenvalue weighted by atomic mass is 16.5.